The van der Waals surface area contributed by atoms with Crippen LogP contribution < -0.4 is 4.90 Å². The monoisotopic (exact) mass is 756 g/mol. The van der Waals surface area contributed by atoms with E-state index in [2.05, 4.69) is 95.6 Å². The molecule has 0 aliphatic rings. The first-order valence-electron chi connectivity index (χ1n) is 21.8. The summed E-state index contributed by atoms with van der Waals surface area (Å²) in [5.74, 6) is 0. The van der Waals surface area contributed by atoms with Gasteiger partial charge in [-0.1, -0.05) is 146 Å². The van der Waals surface area contributed by atoms with Crippen molar-refractivity contribution in [3.63, 3.8) is 0 Å². The molecule has 0 fully saturated rings. The highest BCUT2D eigenvalue weighted by Crippen LogP contribution is 2.45. The normalized spacial score (nSPS) is 12.7. The maximum Gasteiger partial charge on any atom is 0.143 e. The Morgan fingerprint density at radius 2 is 1.03 bits per heavy atom. The first-order chi connectivity index (χ1) is 30.9. The van der Waals surface area contributed by atoms with Crippen molar-refractivity contribution in [2.24, 2.45) is 0 Å². The Hall–Kier alpha value is -7.88. The molecule has 3 heteroatoms. The van der Waals surface area contributed by atoms with Gasteiger partial charge in [0.05, 0.1) is 27.6 Å². The number of hydrogen-bond acceptors (Lipinski definition) is 2. The molecule has 10 aromatic carbocycles. The fourth-order valence-corrected chi connectivity index (χ4v) is 8.87. The van der Waals surface area contributed by atoms with Crippen LogP contribution in [-0.2, 0) is 0 Å². The van der Waals surface area contributed by atoms with Crippen molar-refractivity contribution in [2.45, 2.75) is 0 Å². The molecule has 0 spiro atoms. The molecule has 59 heavy (non-hydrogen) atoms. The topological polar surface area (TPSA) is 21.3 Å². The largest absolute Gasteiger partial charge is 0.455 e. The van der Waals surface area contributed by atoms with Crippen LogP contribution in [0.1, 0.15) is 5.48 Å². The second-order valence-corrected chi connectivity index (χ2v) is 15.0. The molecule has 12 aromatic rings. The van der Waals surface area contributed by atoms with Crippen molar-refractivity contribution in [1.29, 1.82) is 0 Å². The van der Waals surface area contributed by atoms with E-state index in [1.807, 2.05) is 108 Å². The molecule has 2 heterocycles. The standard InChI is InChI=1S/C56H36N2O/c1-2-14-40-34-43(27-26-37(40)12-1)42-16-10-17-45(36-42)57(53-24-11-25-54-55(53)50-33-30-39-13-3-4-19-47(39)56(50)59-54)44-31-28-38(29-32-44)41-15-9-18-46(35-41)58-51-22-7-5-20-48(51)49-21-6-8-23-52(49)58/h1-36H/i28D,29D,31D,32D. The maximum atomic E-state index is 9.85. The van der Waals surface area contributed by atoms with Gasteiger partial charge in [-0.05, 0) is 111 Å². The van der Waals surface area contributed by atoms with Crippen LogP contribution in [0.25, 0.3) is 93.2 Å². The van der Waals surface area contributed by atoms with E-state index in [9.17, 15) is 5.48 Å². The molecular weight excluding hydrogens is 717 g/mol. The fourth-order valence-electron chi connectivity index (χ4n) is 8.87. The summed E-state index contributed by atoms with van der Waals surface area (Å²) in [5.41, 5.74) is 8.67. The highest BCUT2D eigenvalue weighted by molar-refractivity contribution is 6.19. The third-order valence-electron chi connectivity index (χ3n) is 11.6. The van der Waals surface area contributed by atoms with Gasteiger partial charge >= 0.3 is 0 Å². The Labute approximate surface area is 346 Å². The third-order valence-corrected chi connectivity index (χ3v) is 11.6. The van der Waals surface area contributed by atoms with Gasteiger partial charge in [0.2, 0.25) is 0 Å². The molecule has 0 aliphatic carbocycles. The Morgan fingerprint density at radius 1 is 0.407 bits per heavy atom. The summed E-state index contributed by atoms with van der Waals surface area (Å²) in [7, 11) is 0. The number of fused-ring (bicyclic) bond motifs is 9. The quantitative estimate of drug-likeness (QED) is 0.168. The van der Waals surface area contributed by atoms with E-state index in [1.165, 1.54) is 0 Å². The molecule has 276 valence electrons. The Morgan fingerprint density at radius 3 is 1.83 bits per heavy atom. The highest BCUT2D eigenvalue weighted by Gasteiger charge is 2.21. The van der Waals surface area contributed by atoms with E-state index < -0.39 is 0 Å². The van der Waals surface area contributed by atoms with Crippen LogP contribution in [0, 0.1) is 0 Å². The van der Waals surface area contributed by atoms with Crippen LogP contribution in [0.2, 0.25) is 0 Å². The number of benzene rings is 10. The van der Waals surface area contributed by atoms with Crippen LogP contribution in [0.5, 0.6) is 0 Å². The van der Waals surface area contributed by atoms with Gasteiger partial charge in [-0.3, -0.25) is 0 Å². The fraction of sp³-hybridized carbons (Fsp3) is 0. The smallest absolute Gasteiger partial charge is 0.143 e. The molecule has 0 amide bonds. The van der Waals surface area contributed by atoms with Crippen LogP contribution in [0.4, 0.5) is 17.1 Å². The molecule has 0 atom stereocenters. The van der Waals surface area contributed by atoms with E-state index >= 15 is 0 Å². The van der Waals surface area contributed by atoms with Crippen molar-refractivity contribution in [3.05, 3.63) is 218 Å². The molecule has 0 N–H and O–H groups in total. The molecule has 0 bridgehead atoms. The van der Waals surface area contributed by atoms with Gasteiger partial charge in [-0.15, -0.1) is 0 Å². The van der Waals surface area contributed by atoms with E-state index in [0.29, 0.717) is 22.5 Å². The average molecular weight is 757 g/mol. The first kappa shape index (κ1) is 29.4. The number of nitrogens with zero attached hydrogens (tertiary/aromatic N) is 2. The number of furan rings is 1. The number of aromatic nitrogens is 1. The predicted octanol–water partition coefficient (Wildman–Crippen LogP) is 15.8. The first-order valence-corrected chi connectivity index (χ1v) is 19.8. The lowest BCUT2D eigenvalue weighted by Crippen LogP contribution is -2.10. The lowest BCUT2D eigenvalue weighted by Gasteiger charge is -2.27. The summed E-state index contributed by atoms with van der Waals surface area (Å²) in [4.78, 5) is 1.88. The van der Waals surface area contributed by atoms with E-state index in [-0.39, 0.29) is 35.4 Å². The van der Waals surface area contributed by atoms with Crippen molar-refractivity contribution in [1.82, 2.24) is 4.57 Å². The van der Waals surface area contributed by atoms with Crippen molar-refractivity contribution in [3.8, 4) is 27.9 Å². The van der Waals surface area contributed by atoms with E-state index in [1.54, 1.807) is 0 Å². The Bertz CT molecular complexity index is 3750. The van der Waals surface area contributed by atoms with Gasteiger partial charge in [-0.25, -0.2) is 0 Å². The summed E-state index contributed by atoms with van der Waals surface area (Å²) in [6.07, 6.45) is 0. The van der Waals surface area contributed by atoms with Gasteiger partial charge in [0, 0.05) is 38.6 Å². The summed E-state index contributed by atoms with van der Waals surface area (Å²) < 4.78 is 47.9. The maximum absolute atomic E-state index is 9.85. The van der Waals surface area contributed by atoms with E-state index in [4.69, 9.17) is 4.42 Å². The molecule has 0 saturated carbocycles. The lowest BCUT2D eigenvalue weighted by atomic mass is 9.99. The van der Waals surface area contributed by atoms with Crippen molar-refractivity contribution < 1.29 is 9.90 Å². The molecule has 0 unspecified atom stereocenters. The van der Waals surface area contributed by atoms with Gasteiger partial charge in [-0.2, -0.15) is 0 Å². The van der Waals surface area contributed by atoms with Crippen LogP contribution in [-0.4, -0.2) is 4.57 Å². The molecule has 3 nitrogen and oxygen atoms in total. The highest BCUT2D eigenvalue weighted by atomic mass is 16.3. The summed E-state index contributed by atoms with van der Waals surface area (Å²) >= 11 is 0. The number of rotatable bonds is 6. The van der Waals surface area contributed by atoms with Crippen molar-refractivity contribution >= 4 is 82.4 Å². The van der Waals surface area contributed by atoms with Crippen LogP contribution in [0.3, 0.4) is 0 Å². The minimum atomic E-state index is -0.153. The average Bonchev–Trinajstić information content (AvgIpc) is 3.89. The molecular formula is C56H36N2O. The number of para-hydroxylation sites is 2. The second kappa shape index (κ2) is 13.4. The second-order valence-electron chi connectivity index (χ2n) is 15.0. The van der Waals surface area contributed by atoms with Gasteiger partial charge in [0.15, 0.2) is 0 Å². The van der Waals surface area contributed by atoms with Gasteiger partial charge in [0.1, 0.15) is 11.2 Å². The summed E-state index contributed by atoms with van der Waals surface area (Å²) in [5, 5.41) is 8.28. The van der Waals surface area contributed by atoms with E-state index in [0.717, 1.165) is 76.5 Å². The minimum absolute atomic E-state index is 0.128. The summed E-state index contributed by atoms with van der Waals surface area (Å²) in [6.45, 7) is 0. The van der Waals surface area contributed by atoms with Crippen molar-refractivity contribution in [2.75, 3.05) is 4.90 Å². The lowest BCUT2D eigenvalue weighted by molar-refractivity contribution is 0.672. The SMILES string of the molecule is [2H]c1c([2H])c(N(c2cccc(-c3ccc4ccccc4c3)c2)c2cccc3oc4c5ccccc5ccc4c23)c([2H])c([2H])c1-c1cccc(-n2c3ccccc3c3ccccc32)c1. The molecule has 0 aliphatic heterocycles. The Kier molecular flexibility index (Phi) is 6.65. The van der Waals surface area contributed by atoms with Gasteiger partial charge in [0.25, 0.3) is 0 Å². The Balaban J connectivity index is 1.08. The molecule has 0 radical (unpaired) electrons. The zero-order chi connectivity index (χ0) is 42.3. The number of hydrogen-bond donors (Lipinski definition) is 0. The number of anilines is 3. The minimum Gasteiger partial charge on any atom is -0.455 e. The zero-order valence-electron chi connectivity index (χ0n) is 35.8. The third kappa shape index (κ3) is 5.44. The molecule has 12 rings (SSSR count). The molecule has 0 saturated heterocycles. The predicted molar refractivity (Wildman–Crippen MR) is 249 cm³/mol. The molecule has 2 aromatic heterocycles. The van der Waals surface area contributed by atoms with Crippen LogP contribution >= 0.6 is 0 Å². The van der Waals surface area contributed by atoms with Gasteiger partial charge < -0.3 is 13.9 Å². The zero-order valence-corrected chi connectivity index (χ0v) is 31.8. The summed E-state index contributed by atoms with van der Waals surface area (Å²) in [6, 6.07) is 64.7. The van der Waals surface area contributed by atoms with Crippen LogP contribution in [0.15, 0.2) is 223 Å².